The van der Waals surface area contributed by atoms with E-state index in [1.807, 2.05) is 26.0 Å². The van der Waals surface area contributed by atoms with Crippen molar-refractivity contribution in [2.45, 2.75) is 97.7 Å². The van der Waals surface area contributed by atoms with Gasteiger partial charge < -0.3 is 15.5 Å². The molecule has 12 nitrogen and oxygen atoms in total. The molecule has 1 aliphatic carbocycles. The van der Waals surface area contributed by atoms with Crippen LogP contribution in [0, 0.1) is 25.2 Å². The molecule has 13 heteroatoms. The van der Waals surface area contributed by atoms with Gasteiger partial charge in [-0.2, -0.15) is 5.10 Å². The molecule has 2 bridgehead atoms. The lowest BCUT2D eigenvalue weighted by Gasteiger charge is -2.28. The van der Waals surface area contributed by atoms with Crippen LogP contribution in [-0.2, 0) is 27.3 Å². The van der Waals surface area contributed by atoms with E-state index in [0.717, 1.165) is 59.9 Å². The van der Waals surface area contributed by atoms with Crippen LogP contribution >= 0.6 is 15.9 Å². The summed E-state index contributed by atoms with van der Waals surface area (Å²) in [5, 5.41) is 11.6. The van der Waals surface area contributed by atoms with Crippen molar-refractivity contribution in [1.29, 1.82) is 0 Å². The third kappa shape index (κ3) is 6.68. The summed E-state index contributed by atoms with van der Waals surface area (Å²) >= 11 is 3.39. The van der Waals surface area contributed by atoms with Gasteiger partial charge in [-0.1, -0.05) is 32.3 Å². The normalized spacial score (nSPS) is 24.0. The molecule has 5 heterocycles. The Balaban J connectivity index is 1.30. The molecule has 0 radical (unpaired) electrons. The highest BCUT2D eigenvalue weighted by molar-refractivity contribution is 9.10. The molecule has 1 saturated carbocycles. The smallest absolute Gasteiger partial charge is 0.248 e. The molecule has 3 aromatic heterocycles. The maximum Gasteiger partial charge on any atom is 0.248 e. The number of aryl methyl sites for hydroxylation is 3. The number of anilines is 1. The zero-order valence-corrected chi connectivity index (χ0v) is 31.0. The van der Waals surface area contributed by atoms with E-state index in [4.69, 9.17) is 5.10 Å². The van der Waals surface area contributed by atoms with Gasteiger partial charge >= 0.3 is 0 Å². The van der Waals surface area contributed by atoms with Crippen LogP contribution in [0.3, 0.4) is 0 Å². The Morgan fingerprint density at radius 2 is 1.73 bits per heavy atom. The van der Waals surface area contributed by atoms with Gasteiger partial charge in [-0.25, -0.2) is 15.0 Å². The highest BCUT2D eigenvalue weighted by Crippen LogP contribution is 2.64. The van der Waals surface area contributed by atoms with Gasteiger partial charge in [0.1, 0.15) is 34.5 Å². The summed E-state index contributed by atoms with van der Waals surface area (Å²) in [4.78, 5) is 69.7. The number of halogens is 1. The second kappa shape index (κ2) is 13.9. The number of Topliss-reactive ketones (excluding diaryl/α,β-unsaturated/α-hetero) is 1. The quantitative estimate of drug-likeness (QED) is 0.198. The van der Waals surface area contributed by atoms with Crippen molar-refractivity contribution in [3.05, 3.63) is 63.9 Å². The number of nitrogens with one attached hydrogen (secondary N) is 2. The number of pyridine rings is 1. The molecule has 3 aliphatic rings. The van der Waals surface area contributed by atoms with Gasteiger partial charge in [0.05, 0.1) is 5.52 Å². The largest absolute Gasteiger partial charge is 0.355 e. The molecular formula is C38H43BrN8O4. The van der Waals surface area contributed by atoms with Gasteiger partial charge in [-0.05, 0) is 96.3 Å². The first-order valence-corrected chi connectivity index (χ1v) is 18.6. The fourth-order valence-corrected chi connectivity index (χ4v) is 8.55. The van der Waals surface area contributed by atoms with E-state index in [1.165, 1.54) is 6.92 Å². The van der Waals surface area contributed by atoms with E-state index >= 15 is 0 Å². The van der Waals surface area contributed by atoms with Gasteiger partial charge in [-0.3, -0.25) is 23.9 Å². The first kappa shape index (κ1) is 34.9. The van der Waals surface area contributed by atoms with E-state index in [0.29, 0.717) is 53.1 Å². The summed E-state index contributed by atoms with van der Waals surface area (Å²) in [7, 11) is 0. The zero-order chi connectivity index (χ0) is 36.0. The number of rotatable bonds is 4. The van der Waals surface area contributed by atoms with E-state index in [9.17, 15) is 19.2 Å². The predicted octanol–water partition coefficient (Wildman–Crippen LogP) is 5.73. The lowest BCUT2D eigenvalue weighted by atomic mass is 9.95. The van der Waals surface area contributed by atoms with Crippen LogP contribution in [0.25, 0.3) is 22.0 Å². The molecule has 0 spiro atoms. The second-order valence-corrected chi connectivity index (χ2v) is 15.2. The Kier molecular flexibility index (Phi) is 9.51. The first-order chi connectivity index (χ1) is 24.5. The molecule has 4 atom stereocenters. The van der Waals surface area contributed by atoms with Crippen molar-refractivity contribution in [2.24, 2.45) is 11.3 Å². The van der Waals surface area contributed by atoms with Crippen molar-refractivity contribution < 1.29 is 19.2 Å². The van der Waals surface area contributed by atoms with Gasteiger partial charge in [0, 0.05) is 54.7 Å². The fraction of sp³-hybridized carbons (Fsp3) is 0.474. The van der Waals surface area contributed by atoms with E-state index in [1.54, 1.807) is 28.0 Å². The lowest BCUT2D eigenvalue weighted by molar-refractivity contribution is -0.139. The van der Waals surface area contributed by atoms with Crippen LogP contribution in [0.4, 0.5) is 5.82 Å². The standard InChI is InChI=1S/C38H43BrN8O4/c1-21-12-13-30(39)43-36(21)44-37(51)29-16-38-20-42-31(49)11-9-7-5-6-8-10-25-14-26(27-17-40-24(4)41-18-27)15-28-33(23(3)48)45-46(34(25)28)19-32(50)47(29)35(38)22(38)2/h12-15,17-18,22,29,35H,5-11,16,19-20H2,1-4H3,(H,42,49)(H,43,44,51)/t22-,29-,35?,38+/m0/s1. The monoisotopic (exact) mass is 754 g/mol. The van der Waals surface area contributed by atoms with Gasteiger partial charge in [0.2, 0.25) is 17.7 Å². The number of benzene rings is 1. The molecule has 266 valence electrons. The van der Waals surface area contributed by atoms with Crippen LogP contribution in [0.15, 0.2) is 41.3 Å². The van der Waals surface area contributed by atoms with Gasteiger partial charge in [-0.15, -0.1) is 0 Å². The van der Waals surface area contributed by atoms with Crippen molar-refractivity contribution in [1.82, 2.24) is 34.9 Å². The summed E-state index contributed by atoms with van der Waals surface area (Å²) in [5.74, 6) is 0.378. The van der Waals surface area contributed by atoms with E-state index in [2.05, 4.69) is 54.5 Å². The molecular weight excluding hydrogens is 712 g/mol. The SMILES string of the molecule is CC(=O)c1nn2c3c(cc(-c4cnc(C)nc4)cc13)CCCCCCCC(=O)NC[C@@]13C[C@@H](C(=O)Nc4nc(Br)ccc4C)N(C(=O)C2)C1[C@@H]3C. The van der Waals surface area contributed by atoms with Crippen LogP contribution < -0.4 is 10.6 Å². The minimum atomic E-state index is -0.778. The highest BCUT2D eigenvalue weighted by atomic mass is 79.9. The molecule has 1 saturated heterocycles. The second-order valence-electron chi connectivity index (χ2n) is 14.4. The Labute approximate surface area is 305 Å². The molecule has 7 rings (SSSR count). The highest BCUT2D eigenvalue weighted by Gasteiger charge is 2.72. The molecule has 1 unspecified atom stereocenters. The molecule has 2 N–H and O–H groups in total. The summed E-state index contributed by atoms with van der Waals surface area (Å²) in [5.41, 5.74) is 4.11. The molecule has 3 amide bonds. The van der Waals surface area contributed by atoms with E-state index < -0.39 is 11.5 Å². The van der Waals surface area contributed by atoms with Crippen LogP contribution in [0.2, 0.25) is 0 Å². The number of hydrogen-bond donors (Lipinski definition) is 2. The van der Waals surface area contributed by atoms with Crippen LogP contribution in [-0.4, -0.2) is 71.8 Å². The minimum absolute atomic E-state index is 0.000294. The number of carbonyl (C=O) groups is 4. The minimum Gasteiger partial charge on any atom is -0.355 e. The first-order valence-electron chi connectivity index (χ1n) is 17.8. The zero-order valence-electron chi connectivity index (χ0n) is 29.5. The maximum atomic E-state index is 14.6. The maximum absolute atomic E-state index is 14.6. The number of nitrogens with zero attached hydrogens (tertiary/aromatic N) is 6. The summed E-state index contributed by atoms with van der Waals surface area (Å²) < 4.78 is 2.24. The van der Waals surface area contributed by atoms with Crippen molar-refractivity contribution in [3.63, 3.8) is 0 Å². The Bertz CT molecular complexity index is 2050. The van der Waals surface area contributed by atoms with Gasteiger partial charge in [0.25, 0.3) is 0 Å². The third-order valence-corrected chi connectivity index (χ3v) is 11.5. The number of hydrogen-bond acceptors (Lipinski definition) is 8. The summed E-state index contributed by atoms with van der Waals surface area (Å²) in [6, 6.07) is 6.69. The van der Waals surface area contributed by atoms with Crippen molar-refractivity contribution >= 4 is 56.2 Å². The Morgan fingerprint density at radius 1 is 1.00 bits per heavy atom. The Morgan fingerprint density at radius 3 is 2.47 bits per heavy atom. The van der Waals surface area contributed by atoms with Crippen LogP contribution in [0.1, 0.15) is 86.2 Å². The van der Waals surface area contributed by atoms with Crippen molar-refractivity contribution in [2.75, 3.05) is 11.9 Å². The Hall–Kier alpha value is -4.52. The molecule has 4 aromatic rings. The van der Waals surface area contributed by atoms with Crippen molar-refractivity contribution in [3.8, 4) is 11.1 Å². The topological polar surface area (TPSA) is 152 Å². The summed E-state index contributed by atoms with van der Waals surface area (Å²) in [6.07, 6.45) is 9.76. The summed E-state index contributed by atoms with van der Waals surface area (Å²) in [6.45, 7) is 7.53. The number of piperidine rings is 1. The molecule has 1 aromatic carbocycles. The number of amides is 3. The number of aromatic nitrogens is 5. The average molecular weight is 756 g/mol. The molecule has 51 heavy (non-hydrogen) atoms. The fourth-order valence-electron chi connectivity index (χ4n) is 8.24. The number of ketones is 1. The predicted molar refractivity (Wildman–Crippen MR) is 196 cm³/mol. The van der Waals surface area contributed by atoms with Crippen LogP contribution in [0.5, 0.6) is 0 Å². The van der Waals surface area contributed by atoms with Gasteiger partial charge in [0.15, 0.2) is 5.78 Å². The third-order valence-electron chi connectivity index (χ3n) is 11.1. The average Bonchev–Trinajstić information content (AvgIpc) is 3.35. The lowest BCUT2D eigenvalue weighted by Crippen LogP contribution is -2.47. The molecule has 2 fully saturated rings. The number of carbonyl (C=O) groups excluding carboxylic acids is 4. The molecule has 2 aliphatic heterocycles. The van der Waals surface area contributed by atoms with E-state index in [-0.39, 0.29) is 42.0 Å².